The summed E-state index contributed by atoms with van der Waals surface area (Å²) in [5.41, 5.74) is 0.349. The molecule has 3 aromatic rings. The molecule has 2 N–H and O–H groups in total. The fourth-order valence-corrected chi connectivity index (χ4v) is 4.45. The Morgan fingerprint density at radius 3 is 2.88 bits per heavy atom. The third kappa shape index (κ3) is 2.85. The molecule has 162 valence electrons. The van der Waals surface area contributed by atoms with Crippen LogP contribution in [0.5, 0.6) is 5.75 Å². The van der Waals surface area contributed by atoms with Crippen LogP contribution in [0.25, 0.3) is 22.2 Å². The molecule has 2 unspecified atom stereocenters. The van der Waals surface area contributed by atoms with Crippen molar-refractivity contribution in [3.8, 4) is 23.1 Å². The molecule has 1 saturated heterocycles. The van der Waals surface area contributed by atoms with Gasteiger partial charge in [-0.3, -0.25) is 14.8 Å². The molecule has 0 saturated carbocycles. The topological polar surface area (TPSA) is 105 Å². The number of hydrogen-bond donors (Lipinski definition) is 2. The number of fused-ring (bicyclic) bond motifs is 5. The Morgan fingerprint density at radius 2 is 2.12 bits per heavy atom. The van der Waals surface area contributed by atoms with E-state index in [1.165, 1.54) is 29.4 Å². The van der Waals surface area contributed by atoms with Gasteiger partial charge in [-0.15, -0.1) is 0 Å². The van der Waals surface area contributed by atoms with Crippen LogP contribution in [0.1, 0.15) is 6.42 Å². The van der Waals surface area contributed by atoms with Crippen molar-refractivity contribution < 1.29 is 18.7 Å². The van der Waals surface area contributed by atoms with Crippen molar-refractivity contribution in [1.82, 2.24) is 15.3 Å². The summed E-state index contributed by atoms with van der Waals surface area (Å²) in [5, 5.41) is 22.7. The van der Waals surface area contributed by atoms with Gasteiger partial charge in [-0.1, -0.05) is 6.07 Å². The Morgan fingerprint density at radius 1 is 1.31 bits per heavy atom. The van der Waals surface area contributed by atoms with Gasteiger partial charge in [0.25, 0.3) is 5.91 Å². The third-order valence-corrected chi connectivity index (χ3v) is 6.03. The third-order valence-electron chi connectivity index (χ3n) is 6.03. The molecule has 1 aromatic carbocycles. The lowest BCUT2D eigenvalue weighted by Gasteiger charge is -2.46. The second-order valence-electron chi connectivity index (χ2n) is 7.84. The van der Waals surface area contributed by atoms with E-state index in [1.807, 2.05) is 4.90 Å². The smallest absolute Gasteiger partial charge is 0.250 e. The van der Waals surface area contributed by atoms with Crippen molar-refractivity contribution in [3.05, 3.63) is 42.2 Å². The van der Waals surface area contributed by atoms with E-state index in [2.05, 4.69) is 21.4 Å². The molecule has 0 aliphatic carbocycles. The minimum Gasteiger partial charge on any atom is -0.507 e. The first-order valence-corrected chi connectivity index (χ1v) is 10.0. The number of aromatic hydroxyl groups is 1. The predicted molar refractivity (Wildman–Crippen MR) is 113 cm³/mol. The monoisotopic (exact) mass is 436 g/mol. The van der Waals surface area contributed by atoms with Gasteiger partial charge in [0.15, 0.2) is 5.82 Å². The number of likely N-dealkylation sites (N-methyl/N-ethyl adjacent to an activating group) is 1. The molecule has 2 atom stereocenters. The Hall–Kier alpha value is -3.84. The molecule has 0 spiro atoms. The van der Waals surface area contributed by atoms with Crippen molar-refractivity contribution in [2.75, 3.05) is 29.9 Å². The Balaban J connectivity index is 1.72. The van der Waals surface area contributed by atoms with Crippen LogP contribution in [0.15, 0.2) is 30.6 Å². The van der Waals surface area contributed by atoms with Crippen LogP contribution >= 0.6 is 0 Å². The predicted octanol–water partition coefficient (Wildman–Crippen LogP) is 2.32. The van der Waals surface area contributed by atoms with Crippen molar-refractivity contribution in [2.45, 2.75) is 18.5 Å². The summed E-state index contributed by atoms with van der Waals surface area (Å²) in [6.45, 7) is 0.720. The number of carbonyl (C=O) groups is 1. The first kappa shape index (κ1) is 20.1. The second kappa shape index (κ2) is 7.39. The normalized spacial score (nSPS) is 20.1. The fraction of sp³-hybridized carbons (Fsp3) is 0.273. The number of benzene rings is 1. The maximum atomic E-state index is 15.5. The average molecular weight is 436 g/mol. The lowest BCUT2D eigenvalue weighted by molar-refractivity contribution is -0.120. The van der Waals surface area contributed by atoms with Gasteiger partial charge < -0.3 is 20.2 Å². The first-order valence-electron chi connectivity index (χ1n) is 10.0. The molecule has 2 aromatic heterocycles. The zero-order valence-corrected chi connectivity index (χ0v) is 17.0. The number of nitrogens with one attached hydrogen (secondary N) is 1. The van der Waals surface area contributed by atoms with Gasteiger partial charge >= 0.3 is 0 Å². The summed E-state index contributed by atoms with van der Waals surface area (Å²) >= 11 is 0. The van der Waals surface area contributed by atoms with E-state index in [-0.39, 0.29) is 35.1 Å². The van der Waals surface area contributed by atoms with Crippen molar-refractivity contribution in [2.24, 2.45) is 0 Å². The van der Waals surface area contributed by atoms with Gasteiger partial charge in [0.05, 0.1) is 35.6 Å². The highest BCUT2D eigenvalue weighted by Crippen LogP contribution is 2.43. The van der Waals surface area contributed by atoms with Crippen LogP contribution in [0, 0.1) is 23.0 Å². The number of phenols is 1. The van der Waals surface area contributed by atoms with Crippen LogP contribution in [0.4, 0.5) is 20.2 Å². The number of rotatable bonds is 2. The van der Waals surface area contributed by atoms with Gasteiger partial charge in [0, 0.05) is 37.8 Å². The van der Waals surface area contributed by atoms with Crippen LogP contribution in [-0.4, -0.2) is 53.2 Å². The van der Waals surface area contributed by atoms with Gasteiger partial charge in [0.2, 0.25) is 0 Å². The number of phenolic OH excluding ortho intramolecular Hbond substituents is 1. The maximum Gasteiger partial charge on any atom is 0.250 e. The molecule has 8 nitrogen and oxygen atoms in total. The molecule has 0 radical (unpaired) electrons. The first-order chi connectivity index (χ1) is 15.4. The Labute approximate surface area is 181 Å². The molecule has 5 rings (SSSR count). The van der Waals surface area contributed by atoms with Crippen molar-refractivity contribution in [1.29, 1.82) is 5.26 Å². The number of anilines is 2. The summed E-state index contributed by atoms with van der Waals surface area (Å²) in [6.07, 6.45) is 3.05. The molecule has 32 heavy (non-hydrogen) atoms. The second-order valence-corrected chi connectivity index (χ2v) is 7.84. The van der Waals surface area contributed by atoms with Crippen LogP contribution in [-0.2, 0) is 4.79 Å². The zero-order valence-electron chi connectivity index (χ0n) is 17.0. The lowest BCUT2D eigenvalue weighted by atomic mass is 9.99. The van der Waals surface area contributed by atoms with E-state index in [9.17, 15) is 14.3 Å². The van der Waals surface area contributed by atoms with Crippen LogP contribution in [0.3, 0.4) is 0 Å². The minimum absolute atomic E-state index is 0.0479. The van der Waals surface area contributed by atoms with E-state index < -0.39 is 23.4 Å². The molecule has 2 aliphatic heterocycles. The molecule has 1 amide bonds. The van der Waals surface area contributed by atoms with Crippen molar-refractivity contribution >= 4 is 28.2 Å². The number of amides is 1. The highest BCUT2D eigenvalue weighted by Gasteiger charge is 2.41. The van der Waals surface area contributed by atoms with E-state index >= 15 is 4.39 Å². The standard InChI is InChI=1S/C22H18F2N6O2/c1-29-14-8-28-19-12(7-27-20(18(19)24)17-13(23)3-2-4-16(17)31)21(14)30-10-11(5-6-25)26-9-15(30)22(29)32/h2-4,7-8,11,15,26,31H,5,9-10H2,1H3. The van der Waals surface area contributed by atoms with Crippen molar-refractivity contribution in [3.63, 3.8) is 0 Å². The highest BCUT2D eigenvalue weighted by molar-refractivity contribution is 6.11. The maximum absolute atomic E-state index is 15.5. The number of aromatic nitrogens is 2. The molecule has 10 heteroatoms. The fourth-order valence-electron chi connectivity index (χ4n) is 4.45. The summed E-state index contributed by atoms with van der Waals surface area (Å²) < 4.78 is 29.9. The van der Waals surface area contributed by atoms with Gasteiger partial charge in [-0.05, 0) is 12.1 Å². The van der Waals surface area contributed by atoms with Gasteiger partial charge in [-0.25, -0.2) is 8.78 Å². The summed E-state index contributed by atoms with van der Waals surface area (Å²) in [5.74, 6) is -2.24. The Bertz CT molecular complexity index is 1290. The molecule has 1 fully saturated rings. The molecule has 2 aliphatic rings. The summed E-state index contributed by atoms with van der Waals surface area (Å²) in [4.78, 5) is 24.6. The molecular weight excluding hydrogens is 418 g/mol. The van der Waals surface area contributed by atoms with Gasteiger partial charge in [-0.2, -0.15) is 5.26 Å². The van der Waals surface area contributed by atoms with Gasteiger partial charge in [0.1, 0.15) is 28.8 Å². The molecule has 4 heterocycles. The number of carbonyl (C=O) groups excluding carboxylic acids is 1. The number of nitrogens with zero attached hydrogens (tertiary/aromatic N) is 5. The molecule has 0 bridgehead atoms. The number of piperazine rings is 1. The SMILES string of the molecule is CN1C(=O)C2CNC(CC#N)CN2c2c1cnc1c(F)c(-c3c(O)cccc3F)ncc21. The summed E-state index contributed by atoms with van der Waals surface area (Å²) in [7, 11) is 1.63. The number of nitriles is 1. The lowest BCUT2D eigenvalue weighted by Crippen LogP contribution is -2.64. The zero-order chi connectivity index (χ0) is 22.6. The van der Waals surface area contributed by atoms with E-state index in [1.54, 1.807) is 7.05 Å². The average Bonchev–Trinajstić information content (AvgIpc) is 2.78. The van der Waals surface area contributed by atoms with Crippen LogP contribution < -0.4 is 15.1 Å². The van der Waals surface area contributed by atoms with E-state index in [0.29, 0.717) is 29.9 Å². The van der Waals surface area contributed by atoms with E-state index in [4.69, 9.17) is 5.26 Å². The largest absolute Gasteiger partial charge is 0.507 e. The summed E-state index contributed by atoms with van der Waals surface area (Å²) in [6, 6.07) is 5.14. The highest BCUT2D eigenvalue weighted by atomic mass is 19.1. The number of halogens is 2. The minimum atomic E-state index is -0.870. The molecular formula is C22H18F2N6O2. The quantitative estimate of drug-likeness (QED) is 0.635. The Kier molecular flexibility index (Phi) is 4.64. The number of hydrogen-bond acceptors (Lipinski definition) is 7. The number of pyridine rings is 2. The van der Waals surface area contributed by atoms with E-state index in [0.717, 1.165) is 6.07 Å². The van der Waals surface area contributed by atoms with Crippen LogP contribution in [0.2, 0.25) is 0 Å².